The number of hydrogen-bond donors (Lipinski definition) is 0. The summed E-state index contributed by atoms with van der Waals surface area (Å²) in [6.07, 6.45) is -1.64. The predicted molar refractivity (Wildman–Crippen MR) is 56.5 cm³/mol. The largest absolute Gasteiger partial charge is 0.389 e. The highest BCUT2D eigenvalue weighted by atomic mass is 19.4. The number of ketones is 1. The van der Waals surface area contributed by atoms with Crippen molar-refractivity contribution < 1.29 is 18.0 Å². The summed E-state index contributed by atoms with van der Waals surface area (Å²) in [5, 5.41) is 0. The lowest BCUT2D eigenvalue weighted by molar-refractivity contribution is -0.143. The van der Waals surface area contributed by atoms with E-state index in [1.807, 2.05) is 6.92 Å². The van der Waals surface area contributed by atoms with Crippen LogP contribution in [0.25, 0.3) is 0 Å². The van der Waals surface area contributed by atoms with E-state index in [2.05, 4.69) is 4.98 Å². The van der Waals surface area contributed by atoms with Gasteiger partial charge in [-0.05, 0) is 6.42 Å². The molecule has 17 heavy (non-hydrogen) atoms. The van der Waals surface area contributed by atoms with Crippen LogP contribution in [0.1, 0.15) is 32.0 Å². The number of carbonyl (C=O) groups excluding carboxylic acids is 1. The maximum Gasteiger partial charge on any atom is 0.389 e. The van der Waals surface area contributed by atoms with Gasteiger partial charge in [-0.25, -0.2) is 4.98 Å². The number of alkyl halides is 3. The van der Waals surface area contributed by atoms with Gasteiger partial charge in [0.25, 0.3) is 0 Å². The van der Waals surface area contributed by atoms with E-state index in [1.54, 1.807) is 17.0 Å². The first-order chi connectivity index (χ1) is 7.92. The number of aromatic nitrogens is 2. The van der Waals surface area contributed by atoms with Gasteiger partial charge in [0, 0.05) is 25.4 Å². The number of imidazole rings is 1. The number of Topliss-reactive ketones (excluding diaryl/α,β-unsaturated/α-hetero) is 1. The Bertz CT molecular complexity index is 371. The molecule has 0 amide bonds. The number of nitrogens with zero attached hydrogens (tertiary/aromatic N) is 2. The zero-order valence-corrected chi connectivity index (χ0v) is 9.63. The fourth-order valence-electron chi connectivity index (χ4n) is 1.50. The Balaban J connectivity index is 2.47. The molecule has 1 rings (SSSR count). The smallest absolute Gasteiger partial charge is 0.335 e. The van der Waals surface area contributed by atoms with Gasteiger partial charge in [-0.2, -0.15) is 13.2 Å². The molecule has 0 aliphatic carbocycles. The average molecular weight is 248 g/mol. The normalized spacial score (nSPS) is 11.8. The van der Waals surface area contributed by atoms with Crippen molar-refractivity contribution in [3.05, 3.63) is 18.2 Å². The summed E-state index contributed by atoms with van der Waals surface area (Å²) in [6, 6.07) is 0. The Morgan fingerprint density at radius 3 is 2.76 bits per heavy atom. The number of halogens is 3. The molecule has 3 nitrogen and oxygen atoms in total. The van der Waals surface area contributed by atoms with E-state index >= 15 is 0 Å². The molecule has 0 saturated heterocycles. The Labute approximate surface area is 97.6 Å². The Morgan fingerprint density at radius 1 is 1.47 bits per heavy atom. The van der Waals surface area contributed by atoms with Gasteiger partial charge in [-0.1, -0.05) is 6.92 Å². The molecule has 0 radical (unpaired) electrons. The third-order valence-electron chi connectivity index (χ3n) is 2.31. The van der Waals surface area contributed by atoms with E-state index < -0.39 is 24.8 Å². The highest BCUT2D eigenvalue weighted by Crippen LogP contribution is 2.21. The van der Waals surface area contributed by atoms with Crippen LogP contribution in [0, 0.1) is 0 Å². The van der Waals surface area contributed by atoms with Gasteiger partial charge in [0.15, 0.2) is 0 Å². The zero-order valence-electron chi connectivity index (χ0n) is 9.63. The fourth-order valence-corrected chi connectivity index (χ4v) is 1.50. The van der Waals surface area contributed by atoms with Crippen molar-refractivity contribution in [2.24, 2.45) is 0 Å². The SMILES string of the molecule is CCCn1ccnc1CC(=O)CCC(F)(F)F. The van der Waals surface area contributed by atoms with Gasteiger partial charge in [0.05, 0.1) is 12.8 Å². The van der Waals surface area contributed by atoms with Gasteiger partial charge in [-0.15, -0.1) is 0 Å². The second-order valence-corrected chi connectivity index (χ2v) is 3.87. The lowest BCUT2D eigenvalue weighted by Gasteiger charge is -2.07. The van der Waals surface area contributed by atoms with Crippen LogP contribution in [0.2, 0.25) is 0 Å². The summed E-state index contributed by atoms with van der Waals surface area (Å²) >= 11 is 0. The predicted octanol–water partition coefficient (Wildman–Crippen LogP) is 2.75. The van der Waals surface area contributed by atoms with E-state index in [0.29, 0.717) is 5.82 Å². The quantitative estimate of drug-likeness (QED) is 0.775. The minimum absolute atomic E-state index is 0.0247. The van der Waals surface area contributed by atoms with Crippen LogP contribution in [0.4, 0.5) is 13.2 Å². The second-order valence-electron chi connectivity index (χ2n) is 3.87. The van der Waals surface area contributed by atoms with E-state index in [9.17, 15) is 18.0 Å². The highest BCUT2D eigenvalue weighted by molar-refractivity contribution is 5.80. The summed E-state index contributed by atoms with van der Waals surface area (Å²) in [5.74, 6) is 0.116. The Hall–Kier alpha value is -1.33. The molecule has 96 valence electrons. The maximum absolute atomic E-state index is 11.9. The van der Waals surface area contributed by atoms with Crippen LogP contribution in [0.15, 0.2) is 12.4 Å². The van der Waals surface area contributed by atoms with Crippen LogP contribution >= 0.6 is 0 Å². The second kappa shape index (κ2) is 5.84. The average Bonchev–Trinajstić information content (AvgIpc) is 2.63. The van der Waals surface area contributed by atoms with Gasteiger partial charge < -0.3 is 4.57 Å². The van der Waals surface area contributed by atoms with Crippen molar-refractivity contribution in [2.45, 2.75) is 45.3 Å². The molecule has 0 fully saturated rings. The first-order valence-corrected chi connectivity index (χ1v) is 5.51. The third kappa shape index (κ3) is 5.01. The van der Waals surface area contributed by atoms with Gasteiger partial charge >= 0.3 is 6.18 Å². The molecule has 0 aliphatic heterocycles. The fraction of sp³-hybridized carbons (Fsp3) is 0.636. The molecule has 0 atom stereocenters. The Kier molecular flexibility index (Phi) is 4.72. The molecule has 0 unspecified atom stereocenters. The van der Waals surface area contributed by atoms with Crippen LogP contribution in [-0.2, 0) is 17.8 Å². The zero-order chi connectivity index (χ0) is 12.9. The van der Waals surface area contributed by atoms with Crippen LogP contribution < -0.4 is 0 Å². The summed E-state index contributed by atoms with van der Waals surface area (Å²) in [7, 11) is 0. The molecule has 0 aromatic carbocycles. The first kappa shape index (κ1) is 13.7. The summed E-state index contributed by atoms with van der Waals surface area (Å²) in [4.78, 5) is 15.3. The van der Waals surface area contributed by atoms with Crippen LogP contribution in [0.5, 0.6) is 0 Å². The van der Waals surface area contributed by atoms with Crippen molar-refractivity contribution >= 4 is 5.78 Å². The van der Waals surface area contributed by atoms with Crippen LogP contribution in [0.3, 0.4) is 0 Å². The lowest BCUT2D eigenvalue weighted by atomic mass is 10.1. The molecule has 0 aliphatic rings. The number of aryl methyl sites for hydroxylation is 1. The van der Waals surface area contributed by atoms with E-state index in [4.69, 9.17) is 0 Å². The topological polar surface area (TPSA) is 34.9 Å². The van der Waals surface area contributed by atoms with E-state index in [-0.39, 0.29) is 6.42 Å². The maximum atomic E-state index is 11.9. The highest BCUT2D eigenvalue weighted by Gasteiger charge is 2.28. The molecule has 0 spiro atoms. The third-order valence-corrected chi connectivity index (χ3v) is 2.31. The molecule has 6 heteroatoms. The van der Waals surface area contributed by atoms with Crippen molar-refractivity contribution in [1.29, 1.82) is 0 Å². The Morgan fingerprint density at radius 2 is 2.18 bits per heavy atom. The standard InChI is InChI=1S/C11H15F3N2O/c1-2-6-16-7-5-15-10(16)8-9(17)3-4-11(12,13)14/h5,7H,2-4,6,8H2,1H3. The van der Waals surface area contributed by atoms with Crippen LogP contribution in [-0.4, -0.2) is 21.5 Å². The number of rotatable bonds is 6. The molecule has 1 aromatic rings. The van der Waals surface area contributed by atoms with Gasteiger partial charge in [-0.3, -0.25) is 4.79 Å². The minimum atomic E-state index is -4.27. The lowest BCUT2D eigenvalue weighted by Crippen LogP contribution is -2.14. The molecule has 0 saturated carbocycles. The van der Waals surface area contributed by atoms with Crippen molar-refractivity contribution in [2.75, 3.05) is 0 Å². The molecule has 1 heterocycles. The monoisotopic (exact) mass is 248 g/mol. The molecular weight excluding hydrogens is 233 g/mol. The number of hydrogen-bond acceptors (Lipinski definition) is 2. The first-order valence-electron chi connectivity index (χ1n) is 5.51. The number of carbonyl (C=O) groups is 1. The van der Waals surface area contributed by atoms with Crippen molar-refractivity contribution in [1.82, 2.24) is 9.55 Å². The molecule has 0 bridgehead atoms. The van der Waals surface area contributed by atoms with Crippen molar-refractivity contribution in [3.63, 3.8) is 0 Å². The summed E-state index contributed by atoms with van der Waals surface area (Å²) < 4.78 is 37.6. The van der Waals surface area contributed by atoms with Crippen molar-refractivity contribution in [3.8, 4) is 0 Å². The molecular formula is C11H15F3N2O. The summed E-state index contributed by atoms with van der Waals surface area (Å²) in [6.45, 7) is 2.71. The molecule has 1 aromatic heterocycles. The van der Waals surface area contributed by atoms with Gasteiger partial charge in [0.1, 0.15) is 11.6 Å². The van der Waals surface area contributed by atoms with E-state index in [0.717, 1.165) is 13.0 Å². The molecule has 0 N–H and O–H groups in total. The van der Waals surface area contributed by atoms with Gasteiger partial charge in [0.2, 0.25) is 0 Å². The summed E-state index contributed by atoms with van der Waals surface area (Å²) in [5.41, 5.74) is 0. The minimum Gasteiger partial charge on any atom is -0.335 e. The van der Waals surface area contributed by atoms with E-state index in [1.165, 1.54) is 0 Å².